The lowest BCUT2D eigenvalue weighted by Gasteiger charge is -2.03. The first-order valence-corrected chi connectivity index (χ1v) is 9.18. The largest absolute Gasteiger partial charge is 0.506 e. The van der Waals surface area contributed by atoms with Gasteiger partial charge in [-0.1, -0.05) is 53.7 Å². The average Bonchev–Trinajstić information content (AvgIpc) is 2.93. The fourth-order valence-corrected chi connectivity index (χ4v) is 3.49. The molecule has 0 unspecified atom stereocenters. The highest BCUT2D eigenvalue weighted by molar-refractivity contribution is 8.18. The number of thioether (sulfide) groups is 1. The molecule has 0 saturated carbocycles. The maximum Gasteiger partial charge on any atom is 0.344 e. The zero-order chi connectivity index (χ0) is 18.5. The summed E-state index contributed by atoms with van der Waals surface area (Å²) >= 11 is 7.13. The summed E-state index contributed by atoms with van der Waals surface area (Å²) in [5, 5.41) is 11.6. The van der Waals surface area contributed by atoms with E-state index in [9.17, 15) is 9.90 Å². The number of benzene rings is 2. The van der Waals surface area contributed by atoms with Crippen molar-refractivity contribution in [2.75, 3.05) is 6.61 Å². The molecule has 26 heavy (non-hydrogen) atoms. The fraction of sp³-hybridized carbons (Fsp3) is 0.100. The number of carbonyl (C=O) groups is 1. The van der Waals surface area contributed by atoms with E-state index in [1.165, 1.54) is 11.8 Å². The van der Waals surface area contributed by atoms with Crippen molar-refractivity contribution in [1.29, 1.82) is 0 Å². The number of nitrogens with zero attached hydrogens (tertiary/aromatic N) is 1. The molecule has 4 nitrogen and oxygen atoms in total. The van der Waals surface area contributed by atoms with Crippen molar-refractivity contribution in [1.82, 2.24) is 0 Å². The van der Waals surface area contributed by atoms with Crippen LogP contribution in [0.3, 0.4) is 0 Å². The topological polar surface area (TPSA) is 58.9 Å². The van der Waals surface area contributed by atoms with Gasteiger partial charge in [-0.2, -0.15) is 0 Å². The Morgan fingerprint density at radius 1 is 1.19 bits per heavy atom. The number of ether oxygens (including phenoxy) is 1. The summed E-state index contributed by atoms with van der Waals surface area (Å²) < 4.78 is 5.08. The van der Waals surface area contributed by atoms with Crippen LogP contribution in [0.5, 0.6) is 0 Å². The Morgan fingerprint density at radius 2 is 1.88 bits per heavy atom. The highest BCUT2D eigenvalue weighted by atomic mass is 35.5. The minimum atomic E-state index is -0.596. The van der Waals surface area contributed by atoms with Crippen LogP contribution in [0.1, 0.15) is 12.5 Å². The van der Waals surface area contributed by atoms with Crippen LogP contribution in [0, 0.1) is 0 Å². The molecule has 1 heterocycles. The van der Waals surface area contributed by atoms with Crippen molar-refractivity contribution in [3.8, 4) is 0 Å². The summed E-state index contributed by atoms with van der Waals surface area (Å²) in [4.78, 5) is 17.4. The van der Waals surface area contributed by atoms with Crippen LogP contribution in [0.25, 0.3) is 6.08 Å². The van der Waals surface area contributed by atoms with E-state index in [1.54, 1.807) is 31.2 Å². The molecule has 6 heteroatoms. The van der Waals surface area contributed by atoms with E-state index in [1.807, 2.05) is 36.4 Å². The van der Waals surface area contributed by atoms with E-state index in [-0.39, 0.29) is 17.9 Å². The maximum atomic E-state index is 12.3. The molecule has 0 fully saturated rings. The van der Waals surface area contributed by atoms with Gasteiger partial charge in [-0.3, -0.25) is 0 Å². The van der Waals surface area contributed by atoms with E-state index in [4.69, 9.17) is 16.3 Å². The van der Waals surface area contributed by atoms with Gasteiger partial charge in [0, 0.05) is 5.02 Å². The third-order valence-corrected chi connectivity index (χ3v) is 4.80. The molecule has 0 radical (unpaired) electrons. The molecule has 2 aromatic rings. The summed E-state index contributed by atoms with van der Waals surface area (Å²) in [6, 6.07) is 16.5. The van der Waals surface area contributed by atoms with Gasteiger partial charge in [0.05, 0.1) is 17.2 Å². The van der Waals surface area contributed by atoms with Crippen molar-refractivity contribution < 1.29 is 14.6 Å². The van der Waals surface area contributed by atoms with E-state index in [0.717, 1.165) is 5.56 Å². The number of aliphatic hydroxyl groups is 1. The second-order valence-electron chi connectivity index (χ2n) is 5.36. The van der Waals surface area contributed by atoms with E-state index in [2.05, 4.69) is 4.99 Å². The first-order chi connectivity index (χ1) is 12.6. The Labute approximate surface area is 160 Å². The number of hydrogen-bond acceptors (Lipinski definition) is 5. The van der Waals surface area contributed by atoms with Crippen LogP contribution in [0.2, 0.25) is 5.02 Å². The first-order valence-electron chi connectivity index (χ1n) is 7.98. The summed E-state index contributed by atoms with van der Waals surface area (Å²) in [6.45, 7) is 1.93. The minimum Gasteiger partial charge on any atom is -0.506 e. The molecule has 2 aromatic carbocycles. The van der Waals surface area contributed by atoms with Crippen LogP contribution >= 0.6 is 23.4 Å². The normalized spacial score (nSPS) is 17.2. The Morgan fingerprint density at radius 3 is 2.54 bits per heavy atom. The predicted molar refractivity (Wildman–Crippen MR) is 107 cm³/mol. The Bertz CT molecular complexity index is 902. The zero-order valence-electron chi connectivity index (χ0n) is 14.0. The number of halogens is 1. The quantitative estimate of drug-likeness (QED) is 0.702. The van der Waals surface area contributed by atoms with Gasteiger partial charge >= 0.3 is 5.97 Å². The van der Waals surface area contributed by atoms with Crippen LogP contribution in [-0.2, 0) is 9.53 Å². The molecule has 0 atom stereocenters. The monoisotopic (exact) mass is 385 g/mol. The second-order valence-corrected chi connectivity index (χ2v) is 6.83. The lowest BCUT2D eigenvalue weighted by Crippen LogP contribution is -2.12. The van der Waals surface area contributed by atoms with Crippen molar-refractivity contribution in [3.05, 3.63) is 81.4 Å². The molecule has 1 N–H and O–H groups in total. The number of carbonyl (C=O) groups excluding carboxylic acids is 1. The molecule has 0 amide bonds. The smallest absolute Gasteiger partial charge is 0.344 e. The molecule has 1 aliphatic heterocycles. The van der Waals surface area contributed by atoms with Gasteiger partial charge in [0.1, 0.15) is 16.4 Å². The summed E-state index contributed by atoms with van der Waals surface area (Å²) in [6.07, 6.45) is 1.81. The molecule has 0 aliphatic carbocycles. The SMILES string of the molecule is CCOC(=O)C1=C(O)/C(=C/c2ccccc2)SC1=Nc1ccc(Cl)cc1. The molecular formula is C20H16ClNO3S. The van der Waals surface area contributed by atoms with Crippen molar-refractivity contribution in [2.24, 2.45) is 4.99 Å². The highest BCUT2D eigenvalue weighted by Gasteiger charge is 2.33. The number of aliphatic hydroxyl groups excluding tert-OH is 1. The Hall–Kier alpha value is -2.50. The Kier molecular flexibility index (Phi) is 5.81. The maximum absolute atomic E-state index is 12.3. The van der Waals surface area contributed by atoms with Crippen molar-refractivity contribution in [3.63, 3.8) is 0 Å². The molecule has 0 aromatic heterocycles. The molecule has 0 spiro atoms. The van der Waals surface area contributed by atoms with Gasteiger partial charge in [-0.15, -0.1) is 0 Å². The van der Waals surface area contributed by atoms with Gasteiger partial charge in [-0.05, 0) is 42.8 Å². The number of esters is 1. The van der Waals surface area contributed by atoms with Gasteiger partial charge in [-0.25, -0.2) is 9.79 Å². The molecule has 0 saturated heterocycles. The molecule has 132 valence electrons. The third kappa shape index (κ3) is 4.18. The summed E-state index contributed by atoms with van der Waals surface area (Å²) in [5.74, 6) is -0.716. The third-order valence-electron chi connectivity index (χ3n) is 3.52. The lowest BCUT2D eigenvalue weighted by atomic mass is 10.1. The van der Waals surface area contributed by atoms with E-state index in [0.29, 0.717) is 20.7 Å². The van der Waals surface area contributed by atoms with E-state index < -0.39 is 5.97 Å². The fourth-order valence-electron chi connectivity index (χ4n) is 2.33. The van der Waals surface area contributed by atoms with Crippen LogP contribution in [0.15, 0.2) is 75.8 Å². The predicted octanol–water partition coefficient (Wildman–Crippen LogP) is 5.53. The van der Waals surface area contributed by atoms with Crippen LogP contribution in [-0.4, -0.2) is 22.7 Å². The molecular weight excluding hydrogens is 370 g/mol. The summed E-state index contributed by atoms with van der Waals surface area (Å²) in [5.41, 5.74) is 1.62. The van der Waals surface area contributed by atoms with Crippen molar-refractivity contribution >= 4 is 46.1 Å². The first kappa shape index (κ1) is 18.3. The second kappa shape index (κ2) is 8.25. The standard InChI is InChI=1S/C20H16ClNO3S/c1-2-25-20(24)17-18(23)16(12-13-6-4-3-5-7-13)26-19(17)22-15-10-8-14(21)9-11-15/h3-12,23H,2H2,1H3/b16-12-,22-19?. The molecule has 1 aliphatic rings. The Balaban J connectivity index is 2.02. The number of rotatable bonds is 4. The average molecular weight is 386 g/mol. The van der Waals surface area contributed by atoms with Crippen molar-refractivity contribution in [2.45, 2.75) is 6.92 Å². The lowest BCUT2D eigenvalue weighted by molar-refractivity contribution is -0.138. The minimum absolute atomic E-state index is 0.0778. The van der Waals surface area contributed by atoms with Crippen LogP contribution in [0.4, 0.5) is 5.69 Å². The van der Waals surface area contributed by atoms with Gasteiger partial charge in [0.25, 0.3) is 0 Å². The van der Waals surface area contributed by atoms with Crippen LogP contribution < -0.4 is 0 Å². The zero-order valence-corrected chi connectivity index (χ0v) is 15.6. The molecule has 3 rings (SSSR count). The number of aliphatic imine (C=N–C) groups is 1. The molecule has 0 bridgehead atoms. The van der Waals surface area contributed by atoms with Gasteiger partial charge in [0.15, 0.2) is 0 Å². The van der Waals surface area contributed by atoms with Gasteiger partial charge < -0.3 is 9.84 Å². The number of hydrogen-bond donors (Lipinski definition) is 1. The van der Waals surface area contributed by atoms with E-state index >= 15 is 0 Å². The summed E-state index contributed by atoms with van der Waals surface area (Å²) in [7, 11) is 0. The van der Waals surface area contributed by atoms with Gasteiger partial charge in [0.2, 0.25) is 0 Å². The highest BCUT2D eigenvalue weighted by Crippen LogP contribution is 2.40.